The number of carbonyl (C=O) groups excluding carboxylic acids is 1. The minimum Gasteiger partial charge on any atom is -0.393 e. The number of carbonyl (C=O) groups is 1. The summed E-state index contributed by atoms with van der Waals surface area (Å²) >= 11 is 0. The zero-order chi connectivity index (χ0) is 18.6. The molecule has 1 aromatic rings. The third-order valence-corrected chi connectivity index (χ3v) is 4.85. The summed E-state index contributed by atoms with van der Waals surface area (Å²) in [5.41, 5.74) is 2.23. The van der Waals surface area contributed by atoms with Gasteiger partial charge in [0.1, 0.15) is 0 Å². The predicted molar refractivity (Wildman–Crippen MR) is 103 cm³/mol. The van der Waals surface area contributed by atoms with E-state index in [1.807, 2.05) is 19.0 Å². The van der Waals surface area contributed by atoms with E-state index in [1.54, 1.807) is 6.92 Å². The summed E-state index contributed by atoms with van der Waals surface area (Å²) < 4.78 is 0. The topological polar surface area (TPSA) is 55.8 Å². The van der Waals surface area contributed by atoms with Crippen LogP contribution >= 0.6 is 0 Å². The molecule has 0 saturated carbocycles. The standard InChI is InChI=1S/C20H33N3O2/c1-15(24)13-20(2,3)14-21-19(25)23-11-7-10-18(23)16-8-6-9-17(12-16)22(4)5/h6,8-9,12,15,18,24H,7,10-11,13-14H2,1-5H3,(H,21,25). The lowest BCUT2D eigenvalue weighted by Gasteiger charge is -2.30. The molecule has 1 heterocycles. The maximum absolute atomic E-state index is 12.7. The minimum absolute atomic E-state index is 0.00331. The van der Waals surface area contributed by atoms with Gasteiger partial charge in [-0.25, -0.2) is 4.79 Å². The summed E-state index contributed by atoms with van der Waals surface area (Å²) in [7, 11) is 4.06. The maximum Gasteiger partial charge on any atom is 0.317 e. The normalized spacial score (nSPS) is 19.0. The molecule has 0 spiro atoms. The fourth-order valence-corrected chi connectivity index (χ4v) is 3.65. The molecular weight excluding hydrogens is 314 g/mol. The monoisotopic (exact) mass is 347 g/mol. The van der Waals surface area contributed by atoms with E-state index >= 15 is 0 Å². The summed E-state index contributed by atoms with van der Waals surface area (Å²) in [5, 5.41) is 12.7. The first-order valence-electron chi connectivity index (χ1n) is 9.19. The molecule has 1 aliphatic rings. The molecule has 25 heavy (non-hydrogen) atoms. The highest BCUT2D eigenvalue weighted by atomic mass is 16.3. The van der Waals surface area contributed by atoms with Crippen LogP contribution in [0.4, 0.5) is 10.5 Å². The molecule has 0 bridgehead atoms. The van der Waals surface area contributed by atoms with Crippen LogP contribution in [-0.4, -0.2) is 49.3 Å². The number of urea groups is 1. The Morgan fingerprint density at radius 1 is 1.44 bits per heavy atom. The Morgan fingerprint density at radius 2 is 2.16 bits per heavy atom. The second-order valence-corrected chi connectivity index (χ2v) is 8.22. The summed E-state index contributed by atoms with van der Waals surface area (Å²) in [6, 6.07) is 8.57. The number of likely N-dealkylation sites (tertiary alicyclic amines) is 1. The van der Waals surface area contributed by atoms with Crippen LogP contribution < -0.4 is 10.2 Å². The van der Waals surface area contributed by atoms with Gasteiger partial charge in [0, 0.05) is 32.9 Å². The summed E-state index contributed by atoms with van der Waals surface area (Å²) in [6.07, 6.45) is 2.34. The molecule has 5 nitrogen and oxygen atoms in total. The fourth-order valence-electron chi connectivity index (χ4n) is 3.65. The smallest absolute Gasteiger partial charge is 0.317 e. The van der Waals surface area contributed by atoms with Gasteiger partial charge in [-0.15, -0.1) is 0 Å². The van der Waals surface area contributed by atoms with Crippen LogP contribution in [0.5, 0.6) is 0 Å². The van der Waals surface area contributed by atoms with Gasteiger partial charge >= 0.3 is 6.03 Å². The number of anilines is 1. The van der Waals surface area contributed by atoms with Crippen molar-refractivity contribution in [3.8, 4) is 0 Å². The summed E-state index contributed by atoms with van der Waals surface area (Å²) in [4.78, 5) is 16.8. The van der Waals surface area contributed by atoms with Gasteiger partial charge in [0.15, 0.2) is 0 Å². The van der Waals surface area contributed by atoms with Crippen LogP contribution in [-0.2, 0) is 0 Å². The van der Waals surface area contributed by atoms with Gasteiger partial charge in [-0.2, -0.15) is 0 Å². The number of rotatable bonds is 6. The molecule has 2 amide bonds. The Morgan fingerprint density at radius 3 is 2.80 bits per heavy atom. The Bertz CT molecular complexity index is 584. The van der Waals surface area contributed by atoms with Crippen molar-refractivity contribution in [3.63, 3.8) is 0 Å². The Hall–Kier alpha value is -1.75. The van der Waals surface area contributed by atoms with Crippen molar-refractivity contribution >= 4 is 11.7 Å². The minimum atomic E-state index is -0.361. The molecule has 5 heteroatoms. The summed E-state index contributed by atoms with van der Waals surface area (Å²) in [6.45, 7) is 7.29. The maximum atomic E-state index is 12.7. The molecule has 140 valence electrons. The Balaban J connectivity index is 2.03. The van der Waals surface area contributed by atoms with E-state index in [9.17, 15) is 9.90 Å². The molecule has 1 saturated heterocycles. The zero-order valence-corrected chi connectivity index (χ0v) is 16.2. The van der Waals surface area contributed by atoms with E-state index in [4.69, 9.17) is 0 Å². The van der Waals surface area contributed by atoms with E-state index in [0.717, 1.165) is 25.1 Å². The molecule has 0 aliphatic carbocycles. The molecule has 1 fully saturated rings. The van der Waals surface area contributed by atoms with Crippen molar-refractivity contribution < 1.29 is 9.90 Å². The first-order chi connectivity index (χ1) is 11.7. The largest absolute Gasteiger partial charge is 0.393 e. The lowest BCUT2D eigenvalue weighted by atomic mass is 9.87. The van der Waals surface area contributed by atoms with Crippen LogP contribution in [0.2, 0.25) is 0 Å². The molecule has 1 aliphatic heterocycles. The lowest BCUT2D eigenvalue weighted by molar-refractivity contribution is 0.126. The van der Waals surface area contributed by atoms with Crippen molar-refractivity contribution in [2.45, 2.75) is 52.2 Å². The van der Waals surface area contributed by atoms with Gasteiger partial charge in [0.05, 0.1) is 12.1 Å². The number of hydrogen-bond acceptors (Lipinski definition) is 3. The number of nitrogens with zero attached hydrogens (tertiary/aromatic N) is 2. The molecule has 1 aromatic carbocycles. The number of benzene rings is 1. The van der Waals surface area contributed by atoms with Crippen molar-refractivity contribution in [1.82, 2.24) is 10.2 Å². The number of nitrogens with one attached hydrogen (secondary N) is 1. The number of aliphatic hydroxyl groups is 1. The molecule has 2 N–H and O–H groups in total. The highest BCUT2D eigenvalue weighted by molar-refractivity contribution is 5.75. The fraction of sp³-hybridized carbons (Fsp3) is 0.650. The molecule has 0 radical (unpaired) electrons. The van der Waals surface area contributed by atoms with E-state index in [1.165, 1.54) is 5.56 Å². The van der Waals surface area contributed by atoms with Gasteiger partial charge < -0.3 is 20.2 Å². The molecule has 2 atom stereocenters. The molecular formula is C20H33N3O2. The van der Waals surface area contributed by atoms with Gasteiger partial charge in [0.2, 0.25) is 0 Å². The molecule has 2 rings (SSSR count). The highest BCUT2D eigenvalue weighted by Crippen LogP contribution is 2.33. The quantitative estimate of drug-likeness (QED) is 0.829. The first kappa shape index (κ1) is 19.6. The average Bonchev–Trinajstić information content (AvgIpc) is 3.01. The van der Waals surface area contributed by atoms with Crippen molar-refractivity contribution in [3.05, 3.63) is 29.8 Å². The third kappa shape index (κ3) is 5.36. The number of aliphatic hydroxyl groups excluding tert-OH is 1. The van der Waals surface area contributed by atoms with E-state index < -0.39 is 0 Å². The van der Waals surface area contributed by atoms with Crippen LogP contribution in [0.3, 0.4) is 0 Å². The van der Waals surface area contributed by atoms with Gasteiger partial charge in [-0.1, -0.05) is 26.0 Å². The van der Waals surface area contributed by atoms with Gasteiger partial charge in [-0.3, -0.25) is 0 Å². The Labute approximate surface area is 152 Å². The summed E-state index contributed by atoms with van der Waals surface area (Å²) in [5.74, 6) is 0. The SMILES string of the molecule is CC(O)CC(C)(C)CNC(=O)N1CCCC1c1cccc(N(C)C)c1. The van der Waals surface area contributed by atoms with Crippen molar-refractivity contribution in [2.75, 3.05) is 32.1 Å². The average molecular weight is 348 g/mol. The van der Waals surface area contributed by atoms with Crippen LogP contribution in [0.25, 0.3) is 0 Å². The number of amides is 2. The van der Waals surface area contributed by atoms with Crippen LogP contribution in [0.1, 0.15) is 51.6 Å². The Kier molecular flexibility index (Phi) is 6.33. The third-order valence-electron chi connectivity index (χ3n) is 4.85. The van der Waals surface area contributed by atoms with Crippen molar-refractivity contribution in [1.29, 1.82) is 0 Å². The predicted octanol–water partition coefficient (Wildman–Crippen LogP) is 3.40. The second-order valence-electron chi connectivity index (χ2n) is 8.22. The van der Waals surface area contributed by atoms with E-state index in [0.29, 0.717) is 13.0 Å². The number of hydrogen-bond donors (Lipinski definition) is 2. The molecule has 2 unspecified atom stereocenters. The molecule has 0 aromatic heterocycles. The highest BCUT2D eigenvalue weighted by Gasteiger charge is 2.31. The van der Waals surface area contributed by atoms with Gasteiger partial charge in [0.25, 0.3) is 0 Å². The van der Waals surface area contributed by atoms with Crippen LogP contribution in [0.15, 0.2) is 24.3 Å². The van der Waals surface area contributed by atoms with Crippen molar-refractivity contribution in [2.24, 2.45) is 5.41 Å². The zero-order valence-electron chi connectivity index (χ0n) is 16.2. The van der Waals surface area contributed by atoms with Gasteiger partial charge in [-0.05, 0) is 49.3 Å². The van der Waals surface area contributed by atoms with E-state index in [-0.39, 0.29) is 23.6 Å². The first-order valence-corrected chi connectivity index (χ1v) is 9.19. The second kappa shape index (κ2) is 8.09. The van der Waals surface area contributed by atoms with E-state index in [2.05, 4.69) is 48.3 Å². The van der Waals surface area contributed by atoms with Crippen LogP contribution in [0, 0.1) is 5.41 Å². The lowest BCUT2D eigenvalue weighted by Crippen LogP contribution is -2.43.